The van der Waals surface area contributed by atoms with E-state index in [1.807, 2.05) is 26.2 Å². The molecule has 1 unspecified atom stereocenters. The molecule has 19 rings (SSSR count). The zero-order valence-electron chi connectivity index (χ0n) is 68.0. The Morgan fingerprint density at radius 3 is 1.07 bits per heavy atom. The normalized spacial score (nSPS) is 12.8. The van der Waals surface area contributed by atoms with E-state index >= 15 is 0 Å². The average molecular weight is 1730 g/mol. The number of hydrogen-bond acceptors (Lipinski definition) is 23. The first-order valence-electron chi connectivity index (χ1n) is 39.9. The summed E-state index contributed by atoms with van der Waals surface area (Å²) < 4.78 is 129. The molecule has 0 spiro atoms. The van der Waals surface area contributed by atoms with Gasteiger partial charge in [0.05, 0.1) is 55.1 Å². The van der Waals surface area contributed by atoms with Crippen LogP contribution in [-0.2, 0) is 33.2 Å². The van der Waals surface area contributed by atoms with Gasteiger partial charge in [0.25, 0.3) is 11.8 Å². The molecule has 2 fully saturated rings. The van der Waals surface area contributed by atoms with Crippen molar-refractivity contribution in [1.29, 1.82) is 0 Å². The number of nitrogens with one attached hydrogen (secondary N) is 3. The number of ether oxygens (including phenoxy) is 1. The third kappa shape index (κ3) is 18.0. The van der Waals surface area contributed by atoms with E-state index in [1.54, 1.807) is 126 Å². The molecule has 2 amide bonds. The van der Waals surface area contributed by atoms with E-state index in [9.17, 15) is 44.7 Å². The lowest BCUT2D eigenvalue weighted by atomic mass is 10.1. The Morgan fingerprint density at radius 1 is 0.409 bits per heavy atom. The van der Waals surface area contributed by atoms with Gasteiger partial charge in [-0.3, -0.25) is 33.0 Å². The Hall–Kier alpha value is -16.1. The predicted molar refractivity (Wildman–Crippen MR) is 463 cm³/mol. The lowest BCUT2D eigenvalue weighted by Gasteiger charge is -2.16. The Morgan fingerprint density at radius 2 is 0.740 bits per heavy atom. The molecule has 0 saturated heterocycles. The number of fused-ring (bicyclic) bond motifs is 4. The average Bonchev–Trinajstić information content (AvgIpc) is 1.63. The zero-order chi connectivity index (χ0) is 89.0. The maximum Gasteiger partial charge on any atom is 0.256 e. The Kier molecular flexibility index (Phi) is 24.1. The van der Waals surface area contributed by atoms with E-state index in [0.717, 1.165) is 44.2 Å². The lowest BCUT2D eigenvalue weighted by Crippen LogP contribution is -2.26. The smallest absolute Gasteiger partial charge is 0.256 e. The molecule has 0 bridgehead atoms. The summed E-state index contributed by atoms with van der Waals surface area (Å²) in [6.45, 7) is 2.03. The van der Waals surface area contributed by atoms with Gasteiger partial charge in [-0.25, -0.2) is 75.0 Å². The number of hydrogen-bond donors (Lipinski definition) is 9. The number of nitrogen functional groups attached to an aromatic ring is 6. The van der Waals surface area contributed by atoms with Gasteiger partial charge in [-0.15, -0.1) is 0 Å². The highest BCUT2D eigenvalue weighted by atomic mass is 19.2. The van der Waals surface area contributed by atoms with Crippen molar-refractivity contribution < 1.29 is 49.4 Å². The number of carbonyl (C=O) groups excluding carboxylic acids is 2. The van der Waals surface area contributed by atoms with Crippen LogP contribution in [0.5, 0.6) is 5.75 Å². The van der Waals surface area contributed by atoms with Gasteiger partial charge < -0.3 is 55.1 Å². The first-order valence-corrected chi connectivity index (χ1v) is 39.9. The summed E-state index contributed by atoms with van der Waals surface area (Å²) in [4.78, 5) is 58.4. The number of benzene rings is 8. The van der Waals surface area contributed by atoms with Crippen LogP contribution in [0.4, 0.5) is 75.7 Å². The molecule has 17 aromatic rings. The third-order valence-corrected chi connectivity index (χ3v) is 21.1. The zero-order valence-corrected chi connectivity index (χ0v) is 68.0. The number of nitrogens with zero attached hydrogens (tertiary/aromatic N) is 18. The number of aromatic nitrogens is 18. The van der Waals surface area contributed by atoms with Crippen molar-refractivity contribution in [3.8, 4) is 51.8 Å². The Bertz CT molecular complexity index is 7000. The molecule has 15 N–H and O–H groups in total. The lowest BCUT2D eigenvalue weighted by molar-refractivity contribution is 0.0947. The molecule has 38 heteroatoms. The number of carbonyl (C=O) groups is 2. The van der Waals surface area contributed by atoms with Gasteiger partial charge in [0.1, 0.15) is 109 Å². The van der Waals surface area contributed by atoms with Crippen molar-refractivity contribution in [2.75, 3.05) is 46.8 Å². The second-order valence-electron chi connectivity index (χ2n) is 29.9. The first-order chi connectivity index (χ1) is 61.3. The van der Waals surface area contributed by atoms with E-state index in [2.05, 4.69) is 81.3 Å². The largest absolute Gasteiger partial charge is 0.483 e. The molecule has 9 heterocycles. The molecule has 30 nitrogen and oxygen atoms in total. The van der Waals surface area contributed by atoms with Gasteiger partial charge >= 0.3 is 0 Å². The summed E-state index contributed by atoms with van der Waals surface area (Å²) in [5, 5.41) is 32.6. The molecule has 2 saturated carbocycles. The summed E-state index contributed by atoms with van der Waals surface area (Å²) in [7, 11) is 3.30. The monoisotopic (exact) mass is 1730 g/mol. The fourth-order valence-electron chi connectivity index (χ4n) is 14.6. The number of aryl methyl sites for hydroxylation is 1. The van der Waals surface area contributed by atoms with Gasteiger partial charge in [-0.2, -0.15) is 25.5 Å². The van der Waals surface area contributed by atoms with Gasteiger partial charge in [-0.1, -0.05) is 121 Å². The highest BCUT2D eigenvalue weighted by molar-refractivity contribution is 6.01. The minimum absolute atomic E-state index is 0.0105. The molecular formula is C89H79F8N27O3. The van der Waals surface area contributed by atoms with Crippen molar-refractivity contribution in [3.05, 3.63) is 280 Å². The Labute approximate surface area is 717 Å². The summed E-state index contributed by atoms with van der Waals surface area (Å²) in [6.07, 6.45) is 10.5. The number of rotatable bonds is 20. The van der Waals surface area contributed by atoms with Crippen LogP contribution >= 0.6 is 0 Å². The summed E-state index contributed by atoms with van der Waals surface area (Å²) in [5.74, 6) is -3.09. The highest BCUT2D eigenvalue weighted by Gasteiger charge is 2.30. The Balaban J connectivity index is 0.000000125. The van der Waals surface area contributed by atoms with E-state index < -0.39 is 52.4 Å². The second-order valence-corrected chi connectivity index (χ2v) is 29.9. The van der Waals surface area contributed by atoms with Crippen molar-refractivity contribution in [2.24, 2.45) is 7.05 Å². The van der Waals surface area contributed by atoms with Crippen molar-refractivity contribution >= 4 is 96.0 Å². The standard InChI is InChI=1S/C24H23F2N9.C23H22F2N6O.C22H18F2N6O.C20H16F2N6O/c1-13(18-10-11-34(2)32-18)29-20-22(27)30-24(31-23(20)28)19-15-7-5-9-17(26)21(15)35(33-19)12-14-6-3-4-8-16(14)25;24-16-10-4-1-6-13(16)12-31-19-15(9-5-11-17(19)25)18(30-31)23-28-21(26)20(22(27)29-23)32-14-7-2-3-8-14;23-16-6-2-1-4-12(16)11-30-19-14(5-3-7-17(19)24)18(29-30)21-26-10-15(20(25)28-21)22(31)27-13-8-9-13;1-24-20(29)13-9-25-19(26-18(13)23)16-12-6-4-8-15(22)17(12)28(27-16)10-11-5-2-3-7-14(11)21/h3-11,13,29H,12H2,1-2H3,(H4,27,28,30,31);1,4-6,9-11,14H,2-3,7-8,12H2,(H4,26,27,28,29);1-7,10,13H,8-9,11H2,(H,27,31)(H2,25,26,28);2-9H,10H2,1H3,(H,24,29)(H2,23,25,26). The minimum atomic E-state index is -0.507. The molecular weight excluding hydrogens is 1650 g/mol. The number of para-hydroxylation sites is 4. The van der Waals surface area contributed by atoms with Crippen LogP contribution in [0.15, 0.2) is 195 Å². The van der Waals surface area contributed by atoms with E-state index in [1.165, 1.54) is 86.7 Å². The maximum absolute atomic E-state index is 14.8. The van der Waals surface area contributed by atoms with E-state index in [0.29, 0.717) is 66.6 Å². The third-order valence-electron chi connectivity index (χ3n) is 21.1. The van der Waals surface area contributed by atoms with Crippen molar-refractivity contribution in [3.63, 3.8) is 0 Å². The fourth-order valence-corrected chi connectivity index (χ4v) is 14.6. The molecule has 8 aromatic carbocycles. The van der Waals surface area contributed by atoms with Crippen LogP contribution in [0.1, 0.15) is 100 Å². The minimum Gasteiger partial charge on any atom is -0.483 e. The predicted octanol–water partition coefficient (Wildman–Crippen LogP) is 14.3. The summed E-state index contributed by atoms with van der Waals surface area (Å²) >= 11 is 0. The summed E-state index contributed by atoms with van der Waals surface area (Å²) in [5.41, 5.74) is 41.6. The molecule has 0 radical (unpaired) electrons. The number of amides is 2. The van der Waals surface area contributed by atoms with E-state index in [4.69, 9.17) is 39.1 Å². The first kappa shape index (κ1) is 84.6. The number of anilines is 7. The maximum atomic E-state index is 14.8. The second kappa shape index (κ2) is 36.2. The quantitative estimate of drug-likeness (QED) is 0.0320. The number of halogens is 8. The van der Waals surface area contributed by atoms with Crippen LogP contribution in [-0.4, -0.2) is 120 Å². The van der Waals surface area contributed by atoms with Crippen LogP contribution in [0.3, 0.4) is 0 Å². The van der Waals surface area contributed by atoms with Gasteiger partial charge in [-0.05, 0) is 100 Å². The van der Waals surface area contributed by atoms with Gasteiger partial charge in [0.2, 0.25) is 5.75 Å². The van der Waals surface area contributed by atoms with Crippen LogP contribution in [0.25, 0.3) is 89.7 Å². The van der Waals surface area contributed by atoms with Crippen LogP contribution in [0, 0.1) is 46.5 Å². The van der Waals surface area contributed by atoms with Gasteiger partial charge in [0, 0.05) is 82.5 Å². The van der Waals surface area contributed by atoms with Crippen molar-refractivity contribution in [2.45, 2.75) is 89.8 Å². The number of nitrogens with two attached hydrogens (primary N) is 6. The van der Waals surface area contributed by atoms with Crippen molar-refractivity contribution in [1.82, 2.24) is 99.4 Å². The molecule has 2 aliphatic rings. The fraction of sp³-hybridized carbons (Fsp3) is 0.180. The molecule has 2 aliphatic carbocycles. The van der Waals surface area contributed by atoms with Crippen LogP contribution in [0.2, 0.25) is 0 Å². The topological polar surface area (TPSA) is 428 Å². The molecule has 644 valence electrons. The molecule has 127 heavy (non-hydrogen) atoms. The summed E-state index contributed by atoms with van der Waals surface area (Å²) in [6, 6.07) is 45.1. The molecule has 0 aliphatic heterocycles. The molecule has 1 atom stereocenters. The molecule has 9 aromatic heterocycles. The van der Waals surface area contributed by atoms with Gasteiger partial charge in [0.15, 0.2) is 46.6 Å². The van der Waals surface area contributed by atoms with Crippen LogP contribution < -0.4 is 55.1 Å². The SMILES string of the molecule is CC(Nc1c(N)nc(-c2nn(Cc3ccccc3F)c3c(F)cccc23)nc1N)c1ccn(C)n1.CNC(=O)c1cnc(-c2nn(Cc3ccccc3F)c3c(F)cccc23)nc1N.Nc1nc(-c2nn(Cc3ccccc3F)c3c(F)cccc23)nc(N)c1OC1CCCC1.Nc1nc(-c2nn(Cc3ccccc3F)c3c(F)cccc23)ncc1C(=O)NC1CC1. The highest BCUT2D eigenvalue weighted by Crippen LogP contribution is 2.39. The van der Waals surface area contributed by atoms with E-state index in [-0.39, 0.29) is 153 Å².